The maximum Gasteiger partial charge on any atom is 0.237 e. The van der Waals surface area contributed by atoms with Crippen LogP contribution in [0, 0.1) is 5.92 Å². The zero-order chi connectivity index (χ0) is 20.6. The number of nitrogens with zero attached hydrogens (tertiary/aromatic N) is 2. The van der Waals surface area contributed by atoms with Crippen LogP contribution in [0.25, 0.3) is 0 Å². The highest BCUT2D eigenvalue weighted by atomic mass is 16.2. The number of likely N-dealkylation sites (tertiary alicyclic amines) is 1. The van der Waals surface area contributed by atoms with Crippen molar-refractivity contribution >= 4 is 5.91 Å². The van der Waals surface area contributed by atoms with E-state index >= 15 is 0 Å². The van der Waals surface area contributed by atoms with E-state index in [2.05, 4.69) is 53.2 Å². The van der Waals surface area contributed by atoms with Gasteiger partial charge in [0.1, 0.15) is 0 Å². The van der Waals surface area contributed by atoms with Crippen LogP contribution < -0.4 is 5.32 Å². The molecule has 1 heterocycles. The van der Waals surface area contributed by atoms with Gasteiger partial charge < -0.3 is 10.2 Å². The molecule has 0 aromatic heterocycles. The molecule has 0 aliphatic carbocycles. The van der Waals surface area contributed by atoms with E-state index in [1.807, 2.05) is 43.3 Å². The van der Waals surface area contributed by atoms with Gasteiger partial charge in [0.2, 0.25) is 5.91 Å². The molecule has 4 heteroatoms. The Kier molecular flexibility index (Phi) is 7.84. The Morgan fingerprint density at radius 2 is 1.59 bits per heavy atom. The highest BCUT2D eigenvalue weighted by Crippen LogP contribution is 2.24. The number of carbonyl (C=O) groups excluding carboxylic acids is 1. The molecule has 156 valence electrons. The maximum absolute atomic E-state index is 13.2. The summed E-state index contributed by atoms with van der Waals surface area (Å²) in [6.07, 6.45) is 1.18. The first-order valence-electron chi connectivity index (χ1n) is 11.0. The number of benzene rings is 2. The Morgan fingerprint density at radius 3 is 2.10 bits per heavy atom. The zero-order valence-corrected chi connectivity index (χ0v) is 18.1. The van der Waals surface area contributed by atoms with Crippen molar-refractivity contribution in [1.82, 2.24) is 15.1 Å². The molecular weight excluding hydrogens is 358 g/mol. The molecule has 1 N–H and O–H groups in total. The molecular formula is C25H35N3O. The van der Waals surface area contributed by atoms with Crippen molar-refractivity contribution in [1.29, 1.82) is 0 Å². The molecule has 3 rings (SSSR count). The largest absolute Gasteiger partial charge is 0.344 e. The molecule has 2 aromatic rings. The van der Waals surface area contributed by atoms with Gasteiger partial charge in [-0.15, -0.1) is 0 Å². The second kappa shape index (κ2) is 10.6. The molecule has 0 unspecified atom stereocenters. The van der Waals surface area contributed by atoms with Gasteiger partial charge in [-0.25, -0.2) is 0 Å². The van der Waals surface area contributed by atoms with Gasteiger partial charge in [0.05, 0.1) is 12.1 Å². The van der Waals surface area contributed by atoms with Gasteiger partial charge in [0.15, 0.2) is 0 Å². The molecule has 4 nitrogen and oxygen atoms in total. The first kappa shape index (κ1) is 21.5. The summed E-state index contributed by atoms with van der Waals surface area (Å²) in [7, 11) is 0. The molecule has 29 heavy (non-hydrogen) atoms. The second-order valence-electron chi connectivity index (χ2n) is 8.07. The van der Waals surface area contributed by atoms with Crippen LogP contribution in [0.15, 0.2) is 60.7 Å². The third-order valence-corrected chi connectivity index (χ3v) is 6.21. The average Bonchev–Trinajstić information content (AvgIpc) is 3.24. The van der Waals surface area contributed by atoms with Crippen LogP contribution in [0.5, 0.6) is 0 Å². The lowest BCUT2D eigenvalue weighted by Crippen LogP contribution is -2.45. The quantitative estimate of drug-likeness (QED) is 0.701. The summed E-state index contributed by atoms with van der Waals surface area (Å²) >= 11 is 0. The third-order valence-electron chi connectivity index (χ3n) is 6.21. The second-order valence-corrected chi connectivity index (χ2v) is 8.07. The maximum atomic E-state index is 13.2. The van der Waals surface area contributed by atoms with E-state index < -0.39 is 0 Å². The minimum Gasteiger partial charge on any atom is -0.344 e. The normalized spacial score (nSPS) is 18.3. The minimum atomic E-state index is -0.124. The van der Waals surface area contributed by atoms with Crippen LogP contribution in [-0.2, 0) is 4.79 Å². The van der Waals surface area contributed by atoms with Crippen LogP contribution in [0.1, 0.15) is 44.4 Å². The summed E-state index contributed by atoms with van der Waals surface area (Å²) in [5, 5.41) is 3.31. The van der Waals surface area contributed by atoms with Gasteiger partial charge in [-0.3, -0.25) is 9.69 Å². The first-order valence-corrected chi connectivity index (χ1v) is 11.0. The Hall–Kier alpha value is -2.17. The van der Waals surface area contributed by atoms with Crippen molar-refractivity contribution in [2.75, 3.05) is 32.7 Å². The molecule has 1 aliphatic rings. The van der Waals surface area contributed by atoms with Gasteiger partial charge in [0.25, 0.3) is 0 Å². The number of rotatable bonds is 9. The van der Waals surface area contributed by atoms with E-state index in [1.54, 1.807) is 0 Å². The van der Waals surface area contributed by atoms with Crippen LogP contribution in [0.3, 0.4) is 0 Å². The van der Waals surface area contributed by atoms with Gasteiger partial charge in [0, 0.05) is 13.1 Å². The average molecular weight is 394 g/mol. The third kappa shape index (κ3) is 5.68. The molecule has 0 radical (unpaired) electrons. The van der Waals surface area contributed by atoms with Crippen molar-refractivity contribution in [3.63, 3.8) is 0 Å². The van der Waals surface area contributed by atoms with E-state index in [0.29, 0.717) is 5.92 Å². The highest BCUT2D eigenvalue weighted by Gasteiger charge is 2.31. The van der Waals surface area contributed by atoms with E-state index in [1.165, 1.54) is 6.42 Å². The van der Waals surface area contributed by atoms with Crippen molar-refractivity contribution in [3.05, 3.63) is 71.8 Å². The molecule has 1 amide bonds. The smallest absolute Gasteiger partial charge is 0.237 e. The van der Waals surface area contributed by atoms with E-state index in [4.69, 9.17) is 0 Å². The number of nitrogens with one attached hydrogen (secondary N) is 1. The fourth-order valence-electron chi connectivity index (χ4n) is 4.29. The lowest BCUT2D eigenvalue weighted by atomic mass is 9.98. The van der Waals surface area contributed by atoms with Crippen LogP contribution in [-0.4, -0.2) is 54.5 Å². The van der Waals surface area contributed by atoms with Crippen molar-refractivity contribution < 1.29 is 4.79 Å². The Morgan fingerprint density at radius 1 is 1.03 bits per heavy atom. The lowest BCUT2D eigenvalue weighted by molar-refractivity contribution is -0.126. The molecule has 1 fully saturated rings. The molecule has 0 spiro atoms. The Balaban J connectivity index is 1.65. The monoisotopic (exact) mass is 393 g/mol. The minimum absolute atomic E-state index is 0.103. The Bertz CT molecular complexity index is 706. The fourth-order valence-corrected chi connectivity index (χ4v) is 4.29. The molecule has 0 bridgehead atoms. The predicted octanol–water partition coefficient (Wildman–Crippen LogP) is 3.94. The Labute approximate surface area is 175 Å². The van der Waals surface area contributed by atoms with Crippen molar-refractivity contribution in [3.8, 4) is 0 Å². The summed E-state index contributed by atoms with van der Waals surface area (Å²) in [6, 6.07) is 20.2. The fraction of sp³-hybridized carbons (Fsp3) is 0.480. The van der Waals surface area contributed by atoms with Crippen LogP contribution in [0.4, 0.5) is 0 Å². The van der Waals surface area contributed by atoms with Gasteiger partial charge in [-0.1, -0.05) is 74.5 Å². The number of amides is 1. The lowest BCUT2D eigenvalue weighted by Gasteiger charge is -2.28. The van der Waals surface area contributed by atoms with Crippen molar-refractivity contribution in [2.45, 2.75) is 39.3 Å². The SMILES string of the molecule is CCN(CC)C[C@H]1CCN([C@H](C)C(=O)NC(c2ccccc2)c2ccccc2)C1. The first-order chi connectivity index (χ1) is 14.1. The molecule has 1 saturated heterocycles. The van der Waals surface area contributed by atoms with E-state index in [9.17, 15) is 4.79 Å². The number of hydrogen-bond acceptors (Lipinski definition) is 3. The summed E-state index contributed by atoms with van der Waals surface area (Å²) < 4.78 is 0. The van der Waals surface area contributed by atoms with E-state index in [-0.39, 0.29) is 18.0 Å². The standard InChI is InChI=1S/C25H35N3O/c1-4-27(5-2)18-21-16-17-28(19-21)20(3)25(29)26-24(22-12-8-6-9-13-22)23-14-10-7-11-15-23/h6-15,20-21,24H,4-5,16-19H2,1-3H3,(H,26,29)/t20-,21-/m1/s1. The number of hydrogen-bond donors (Lipinski definition) is 1. The topological polar surface area (TPSA) is 35.6 Å². The van der Waals surface area contributed by atoms with Gasteiger partial charge >= 0.3 is 0 Å². The summed E-state index contributed by atoms with van der Waals surface area (Å²) in [5.41, 5.74) is 2.22. The van der Waals surface area contributed by atoms with Gasteiger partial charge in [-0.05, 0) is 50.0 Å². The summed E-state index contributed by atoms with van der Waals surface area (Å²) in [6.45, 7) is 11.8. The molecule has 0 saturated carbocycles. The van der Waals surface area contributed by atoms with Crippen molar-refractivity contribution in [2.24, 2.45) is 5.92 Å². The molecule has 2 aromatic carbocycles. The molecule has 1 aliphatic heterocycles. The summed E-state index contributed by atoms with van der Waals surface area (Å²) in [4.78, 5) is 18.0. The zero-order valence-electron chi connectivity index (χ0n) is 18.1. The summed E-state index contributed by atoms with van der Waals surface area (Å²) in [5.74, 6) is 0.760. The van der Waals surface area contributed by atoms with Crippen LogP contribution in [0.2, 0.25) is 0 Å². The van der Waals surface area contributed by atoms with E-state index in [0.717, 1.165) is 43.9 Å². The molecule has 2 atom stereocenters. The van der Waals surface area contributed by atoms with Crippen LogP contribution >= 0.6 is 0 Å². The van der Waals surface area contributed by atoms with Gasteiger partial charge in [-0.2, -0.15) is 0 Å². The predicted molar refractivity (Wildman–Crippen MR) is 120 cm³/mol. The highest BCUT2D eigenvalue weighted by molar-refractivity contribution is 5.82. The number of carbonyl (C=O) groups is 1.